The van der Waals surface area contributed by atoms with Crippen LogP contribution in [0.5, 0.6) is 0 Å². The second kappa shape index (κ2) is 22.1. The van der Waals surface area contributed by atoms with Gasteiger partial charge >= 0.3 is 6.09 Å². The number of hydrogen-bond acceptors (Lipinski definition) is 4. The SMILES string of the molecule is CCCCCCC1CCCN(C[C@@H]2CCCC[C@H]2NC(=O)OC(C)(C)C)C1.CCCCCCC1CCCNC1.Cl. The number of piperidine rings is 2. The first-order chi connectivity index (χ1) is 18.8. The fraction of sp³-hybridized carbons (Fsp3) is 0.971. The summed E-state index contributed by atoms with van der Waals surface area (Å²) in [5.41, 5.74) is -0.424. The van der Waals surface area contributed by atoms with E-state index in [2.05, 4.69) is 29.4 Å². The molecule has 0 bridgehead atoms. The van der Waals surface area contributed by atoms with E-state index < -0.39 is 5.60 Å². The number of alkyl carbamates (subject to hydrolysis) is 1. The Balaban J connectivity index is 0.000000516. The van der Waals surface area contributed by atoms with E-state index in [0.29, 0.717) is 5.92 Å². The van der Waals surface area contributed by atoms with Gasteiger partial charge in [0.1, 0.15) is 5.60 Å². The maximum atomic E-state index is 12.2. The first kappa shape index (κ1) is 37.5. The fourth-order valence-electron chi connectivity index (χ4n) is 6.85. The Labute approximate surface area is 255 Å². The van der Waals surface area contributed by atoms with Crippen LogP contribution in [0.25, 0.3) is 0 Å². The van der Waals surface area contributed by atoms with Crippen LogP contribution >= 0.6 is 12.4 Å². The lowest BCUT2D eigenvalue weighted by molar-refractivity contribution is 0.0443. The molecule has 5 nitrogen and oxygen atoms in total. The largest absolute Gasteiger partial charge is 0.444 e. The molecular formula is C34H68ClN3O2. The summed E-state index contributed by atoms with van der Waals surface area (Å²) in [6.45, 7) is 16.5. The zero-order chi connectivity index (χ0) is 28.3. The number of carbonyl (C=O) groups excluding carboxylic acids is 1. The lowest BCUT2D eigenvalue weighted by Crippen LogP contribution is -2.49. The zero-order valence-corrected chi connectivity index (χ0v) is 28.1. The van der Waals surface area contributed by atoms with Gasteiger partial charge in [0.15, 0.2) is 0 Å². The highest BCUT2D eigenvalue weighted by Gasteiger charge is 2.31. The van der Waals surface area contributed by atoms with Crippen LogP contribution in [-0.2, 0) is 4.74 Å². The molecule has 3 rings (SSSR count). The average Bonchev–Trinajstić information content (AvgIpc) is 2.90. The summed E-state index contributed by atoms with van der Waals surface area (Å²) >= 11 is 0. The van der Waals surface area contributed by atoms with Crippen molar-refractivity contribution in [3.8, 4) is 0 Å². The topological polar surface area (TPSA) is 53.6 Å². The van der Waals surface area contributed by atoms with Gasteiger partial charge in [-0.1, -0.05) is 78.1 Å². The van der Waals surface area contributed by atoms with Crippen LogP contribution in [0.2, 0.25) is 0 Å². The minimum atomic E-state index is -0.424. The van der Waals surface area contributed by atoms with Crippen LogP contribution in [0.1, 0.15) is 150 Å². The average molecular weight is 586 g/mol. The number of ether oxygens (including phenoxy) is 1. The van der Waals surface area contributed by atoms with E-state index in [1.54, 1.807) is 0 Å². The van der Waals surface area contributed by atoms with Crippen molar-refractivity contribution in [1.29, 1.82) is 0 Å². The molecule has 6 heteroatoms. The van der Waals surface area contributed by atoms with Gasteiger partial charge in [0, 0.05) is 19.1 Å². The molecule has 3 fully saturated rings. The van der Waals surface area contributed by atoms with Gasteiger partial charge in [-0.15, -0.1) is 12.4 Å². The summed E-state index contributed by atoms with van der Waals surface area (Å²) in [6.07, 6.45) is 24.3. The van der Waals surface area contributed by atoms with Crippen molar-refractivity contribution < 1.29 is 9.53 Å². The van der Waals surface area contributed by atoms with Gasteiger partial charge in [0.2, 0.25) is 0 Å². The summed E-state index contributed by atoms with van der Waals surface area (Å²) in [7, 11) is 0. The third-order valence-corrected chi connectivity index (χ3v) is 9.04. The minimum absolute atomic E-state index is 0. The van der Waals surface area contributed by atoms with E-state index in [-0.39, 0.29) is 24.5 Å². The predicted molar refractivity (Wildman–Crippen MR) is 175 cm³/mol. The lowest BCUT2D eigenvalue weighted by Gasteiger charge is -2.39. The van der Waals surface area contributed by atoms with E-state index >= 15 is 0 Å². The highest BCUT2D eigenvalue weighted by molar-refractivity contribution is 5.85. The van der Waals surface area contributed by atoms with E-state index in [0.717, 1.165) is 24.8 Å². The molecule has 0 radical (unpaired) electrons. The van der Waals surface area contributed by atoms with Crippen LogP contribution in [0.3, 0.4) is 0 Å². The van der Waals surface area contributed by atoms with E-state index in [4.69, 9.17) is 4.74 Å². The molecule has 2 unspecified atom stereocenters. The molecule has 1 aliphatic carbocycles. The van der Waals surface area contributed by atoms with Gasteiger partial charge in [-0.3, -0.25) is 0 Å². The molecule has 2 N–H and O–H groups in total. The van der Waals surface area contributed by atoms with Gasteiger partial charge in [0.25, 0.3) is 0 Å². The first-order valence-electron chi connectivity index (χ1n) is 17.2. The van der Waals surface area contributed by atoms with Gasteiger partial charge in [-0.05, 0) is 110 Å². The summed E-state index contributed by atoms with van der Waals surface area (Å²) < 4.78 is 5.50. The normalized spacial score (nSPS) is 25.7. The summed E-state index contributed by atoms with van der Waals surface area (Å²) in [5, 5.41) is 6.66. The van der Waals surface area contributed by atoms with Gasteiger partial charge < -0.3 is 20.3 Å². The molecule has 40 heavy (non-hydrogen) atoms. The number of nitrogens with zero attached hydrogens (tertiary/aromatic N) is 1. The number of rotatable bonds is 13. The molecule has 0 aromatic carbocycles. The van der Waals surface area contributed by atoms with Gasteiger partial charge in [-0.2, -0.15) is 0 Å². The number of unbranched alkanes of at least 4 members (excludes halogenated alkanes) is 6. The highest BCUT2D eigenvalue weighted by atomic mass is 35.5. The van der Waals surface area contributed by atoms with Gasteiger partial charge in [-0.25, -0.2) is 4.79 Å². The number of amides is 1. The van der Waals surface area contributed by atoms with Crippen molar-refractivity contribution >= 4 is 18.5 Å². The van der Waals surface area contributed by atoms with Crippen molar-refractivity contribution in [2.75, 3.05) is 32.7 Å². The third-order valence-electron chi connectivity index (χ3n) is 9.04. The second-order valence-corrected chi connectivity index (χ2v) is 14.0. The van der Waals surface area contributed by atoms with Crippen molar-refractivity contribution in [3.05, 3.63) is 0 Å². The zero-order valence-electron chi connectivity index (χ0n) is 27.2. The van der Waals surface area contributed by atoms with Crippen LogP contribution in [0.4, 0.5) is 4.79 Å². The minimum Gasteiger partial charge on any atom is -0.444 e. The van der Waals surface area contributed by atoms with Crippen LogP contribution in [0.15, 0.2) is 0 Å². The maximum Gasteiger partial charge on any atom is 0.407 e. The maximum absolute atomic E-state index is 12.2. The van der Waals surface area contributed by atoms with Crippen LogP contribution in [-0.4, -0.2) is 55.4 Å². The molecule has 2 aliphatic heterocycles. The molecule has 2 saturated heterocycles. The Bertz CT molecular complexity index is 621. The summed E-state index contributed by atoms with van der Waals surface area (Å²) in [6, 6.07) is 0.276. The molecule has 0 spiro atoms. The summed E-state index contributed by atoms with van der Waals surface area (Å²) in [4.78, 5) is 14.9. The molecule has 1 amide bonds. The molecule has 238 valence electrons. The Hall–Kier alpha value is -0.520. The summed E-state index contributed by atoms with van der Waals surface area (Å²) in [5.74, 6) is 2.46. The van der Waals surface area contributed by atoms with Gasteiger partial charge in [0.05, 0.1) is 0 Å². The molecule has 4 atom stereocenters. The Morgan fingerprint density at radius 2 is 1.50 bits per heavy atom. The lowest BCUT2D eigenvalue weighted by atomic mass is 9.83. The monoisotopic (exact) mass is 586 g/mol. The number of likely N-dealkylation sites (tertiary alicyclic amines) is 1. The quantitative estimate of drug-likeness (QED) is 0.212. The molecule has 3 aliphatic rings. The molecule has 1 saturated carbocycles. The van der Waals surface area contributed by atoms with Crippen molar-refractivity contribution in [2.24, 2.45) is 17.8 Å². The van der Waals surface area contributed by atoms with E-state index in [1.807, 2.05) is 20.8 Å². The number of hydrogen-bond donors (Lipinski definition) is 2. The van der Waals surface area contributed by atoms with Crippen molar-refractivity contribution in [2.45, 2.75) is 162 Å². The standard InChI is InChI=1S/C23H44N2O2.C11H23N.ClH/c1-5-6-7-8-12-19-13-11-16-25(17-19)18-20-14-9-10-15-21(20)24-22(26)27-23(2,3)4;1-2-3-4-5-7-11-8-6-9-12-10-11;/h19-21H,5-18H2,1-4H3,(H,24,26);11-12H,2-10H2,1H3;1H/t19?,20-,21+;;/m0../s1. The first-order valence-corrected chi connectivity index (χ1v) is 17.2. The second-order valence-electron chi connectivity index (χ2n) is 14.0. The molecular weight excluding hydrogens is 518 g/mol. The van der Waals surface area contributed by atoms with E-state index in [1.165, 1.54) is 135 Å². The van der Waals surface area contributed by atoms with Crippen molar-refractivity contribution in [1.82, 2.24) is 15.5 Å². The number of halogens is 1. The smallest absolute Gasteiger partial charge is 0.407 e. The van der Waals surface area contributed by atoms with Crippen LogP contribution < -0.4 is 10.6 Å². The van der Waals surface area contributed by atoms with Crippen molar-refractivity contribution in [3.63, 3.8) is 0 Å². The fourth-order valence-corrected chi connectivity index (χ4v) is 6.85. The Kier molecular flexibility index (Phi) is 20.7. The third kappa shape index (κ3) is 17.4. The Morgan fingerprint density at radius 3 is 2.12 bits per heavy atom. The van der Waals surface area contributed by atoms with E-state index in [9.17, 15) is 4.79 Å². The number of carbonyl (C=O) groups is 1. The molecule has 2 heterocycles. The Morgan fingerprint density at radius 1 is 0.850 bits per heavy atom. The van der Waals surface area contributed by atoms with Crippen LogP contribution in [0, 0.1) is 17.8 Å². The molecule has 0 aromatic heterocycles. The predicted octanol–water partition coefficient (Wildman–Crippen LogP) is 9.13. The number of nitrogens with one attached hydrogen (secondary N) is 2. The highest BCUT2D eigenvalue weighted by Crippen LogP contribution is 2.29. The molecule has 0 aromatic rings.